The quantitative estimate of drug-likeness (QED) is 0.816. The fraction of sp³-hybridized carbons (Fsp3) is 0.500. The molecule has 148 valence electrons. The molecule has 2 atom stereocenters. The zero-order valence-corrected chi connectivity index (χ0v) is 16.7. The Labute approximate surface area is 169 Å². The summed E-state index contributed by atoms with van der Waals surface area (Å²) in [6, 6.07) is 12.6. The van der Waals surface area contributed by atoms with Crippen LogP contribution in [-0.2, 0) is 21.6 Å². The molecule has 2 saturated heterocycles. The molecule has 2 aromatic rings. The van der Waals surface area contributed by atoms with Crippen LogP contribution in [0.25, 0.3) is 10.4 Å². The van der Waals surface area contributed by atoms with Crippen molar-refractivity contribution in [2.45, 2.75) is 43.4 Å². The summed E-state index contributed by atoms with van der Waals surface area (Å²) in [5.74, 6) is 0.123. The van der Waals surface area contributed by atoms with Crippen molar-refractivity contribution in [2.24, 2.45) is 0 Å². The van der Waals surface area contributed by atoms with Crippen LogP contribution in [0.5, 0.6) is 0 Å². The zero-order valence-electron chi connectivity index (χ0n) is 15.9. The minimum atomic E-state index is -0.406. The van der Waals surface area contributed by atoms with Gasteiger partial charge in [-0.3, -0.25) is 4.79 Å². The van der Waals surface area contributed by atoms with Gasteiger partial charge < -0.3 is 20.1 Å². The van der Waals surface area contributed by atoms with Crippen LogP contribution in [0.15, 0.2) is 36.4 Å². The summed E-state index contributed by atoms with van der Waals surface area (Å²) in [6.45, 7) is 2.69. The van der Waals surface area contributed by atoms with Crippen LogP contribution in [0.4, 0.5) is 0 Å². The van der Waals surface area contributed by atoms with Crippen LogP contribution >= 0.6 is 11.3 Å². The maximum atomic E-state index is 12.8. The van der Waals surface area contributed by atoms with E-state index in [9.17, 15) is 9.90 Å². The third kappa shape index (κ3) is 3.18. The van der Waals surface area contributed by atoms with Gasteiger partial charge in [0.2, 0.25) is 5.91 Å². The van der Waals surface area contributed by atoms with Gasteiger partial charge in [0.1, 0.15) is 0 Å². The lowest BCUT2D eigenvalue weighted by atomic mass is 9.82. The first kappa shape index (κ1) is 18.3. The van der Waals surface area contributed by atoms with Crippen molar-refractivity contribution < 1.29 is 14.6 Å². The SMILES string of the molecule is O=C([C@@H]1C[C@@H](O)CN1)N1CCC2(CC1)OCCc1sc(-c3ccccc3)cc12. The minimum absolute atomic E-state index is 0.123. The van der Waals surface area contributed by atoms with Crippen LogP contribution in [0, 0.1) is 0 Å². The number of aliphatic hydroxyl groups excluding tert-OH is 1. The number of thiophene rings is 1. The first-order chi connectivity index (χ1) is 13.6. The van der Waals surface area contributed by atoms with Crippen LogP contribution in [0.3, 0.4) is 0 Å². The standard InChI is InChI=1S/C22H26N2O3S/c25-16-12-18(23-14-16)21(26)24-9-7-22(8-10-24)17-13-20(15-4-2-1-3-5-15)28-19(17)6-11-27-22/h1-5,13,16,18,23,25H,6-12,14H2/t16-,18+/m1/s1. The predicted octanol–water partition coefficient (Wildman–Crippen LogP) is 2.53. The number of aliphatic hydroxyl groups is 1. The van der Waals surface area contributed by atoms with Gasteiger partial charge in [0.15, 0.2) is 0 Å². The van der Waals surface area contributed by atoms with E-state index in [1.165, 1.54) is 20.9 Å². The molecule has 5 nitrogen and oxygen atoms in total. The molecule has 4 heterocycles. The molecule has 0 saturated carbocycles. The van der Waals surface area contributed by atoms with E-state index in [2.05, 4.69) is 35.6 Å². The van der Waals surface area contributed by atoms with Crippen molar-refractivity contribution in [3.8, 4) is 10.4 Å². The number of β-amino-alcohol motifs (C(OH)–C–C–N with tert-alkyl or cyclic N) is 1. The minimum Gasteiger partial charge on any atom is -0.392 e. The molecule has 2 fully saturated rings. The normalized spacial score (nSPS) is 26.4. The maximum Gasteiger partial charge on any atom is 0.239 e. The highest BCUT2D eigenvalue weighted by Gasteiger charge is 2.44. The van der Waals surface area contributed by atoms with Gasteiger partial charge in [-0.15, -0.1) is 11.3 Å². The molecule has 1 aromatic heterocycles. The van der Waals surface area contributed by atoms with Gasteiger partial charge in [-0.1, -0.05) is 30.3 Å². The molecule has 0 unspecified atom stereocenters. The van der Waals surface area contributed by atoms with E-state index in [0.29, 0.717) is 26.1 Å². The van der Waals surface area contributed by atoms with Crippen LogP contribution in [-0.4, -0.2) is 54.3 Å². The number of ether oxygens (including phenoxy) is 1. The van der Waals surface area contributed by atoms with E-state index < -0.39 is 6.10 Å². The summed E-state index contributed by atoms with van der Waals surface area (Å²) < 4.78 is 6.37. The second-order valence-electron chi connectivity index (χ2n) is 8.08. The molecule has 3 aliphatic heterocycles. The molecule has 0 bridgehead atoms. The monoisotopic (exact) mass is 398 g/mol. The highest BCUT2D eigenvalue weighted by molar-refractivity contribution is 7.15. The molecular formula is C22H26N2O3S. The number of rotatable bonds is 2. The number of fused-ring (bicyclic) bond motifs is 2. The number of piperidine rings is 1. The van der Waals surface area contributed by atoms with Crippen molar-refractivity contribution >= 4 is 17.2 Å². The second kappa shape index (κ2) is 7.26. The van der Waals surface area contributed by atoms with E-state index in [1.54, 1.807) is 0 Å². The summed E-state index contributed by atoms with van der Waals surface area (Å²) in [5, 5.41) is 12.8. The lowest BCUT2D eigenvalue weighted by Crippen LogP contribution is -2.51. The van der Waals surface area contributed by atoms with Gasteiger partial charge in [-0.05, 0) is 36.5 Å². The van der Waals surface area contributed by atoms with Crippen molar-refractivity contribution in [1.29, 1.82) is 0 Å². The fourth-order valence-electron chi connectivity index (χ4n) is 4.79. The Balaban J connectivity index is 1.34. The van der Waals surface area contributed by atoms with Gasteiger partial charge >= 0.3 is 0 Å². The largest absolute Gasteiger partial charge is 0.392 e. The van der Waals surface area contributed by atoms with Crippen molar-refractivity contribution in [2.75, 3.05) is 26.2 Å². The lowest BCUT2D eigenvalue weighted by Gasteiger charge is -2.44. The summed E-state index contributed by atoms with van der Waals surface area (Å²) in [4.78, 5) is 17.5. The zero-order chi connectivity index (χ0) is 19.1. The molecule has 3 aliphatic rings. The molecule has 0 aliphatic carbocycles. The molecule has 6 heteroatoms. The van der Waals surface area contributed by atoms with E-state index in [0.717, 1.165) is 25.9 Å². The highest BCUT2D eigenvalue weighted by atomic mass is 32.1. The molecule has 1 aromatic carbocycles. The number of hydrogen-bond donors (Lipinski definition) is 2. The summed E-state index contributed by atoms with van der Waals surface area (Å²) in [6.07, 6.45) is 2.77. The summed E-state index contributed by atoms with van der Waals surface area (Å²) in [5.41, 5.74) is 2.34. The molecule has 1 amide bonds. The number of carbonyl (C=O) groups is 1. The second-order valence-corrected chi connectivity index (χ2v) is 9.22. The smallest absolute Gasteiger partial charge is 0.239 e. The van der Waals surface area contributed by atoms with Crippen molar-refractivity contribution in [1.82, 2.24) is 10.2 Å². The lowest BCUT2D eigenvalue weighted by molar-refractivity contribution is -0.142. The molecule has 28 heavy (non-hydrogen) atoms. The fourth-order valence-corrected chi connectivity index (χ4v) is 6.03. The Morgan fingerprint density at radius 2 is 2.04 bits per heavy atom. The van der Waals surface area contributed by atoms with E-state index in [4.69, 9.17) is 4.74 Å². The van der Waals surface area contributed by atoms with Gasteiger partial charge in [0.25, 0.3) is 0 Å². The Bertz CT molecular complexity index is 858. The molecule has 2 N–H and O–H groups in total. The number of hydrogen-bond acceptors (Lipinski definition) is 5. The average Bonchev–Trinajstić information content (AvgIpc) is 3.36. The Kier molecular flexibility index (Phi) is 4.75. The number of nitrogens with one attached hydrogen (secondary N) is 1. The van der Waals surface area contributed by atoms with Crippen molar-refractivity contribution in [3.63, 3.8) is 0 Å². The molecule has 0 radical (unpaired) electrons. The van der Waals surface area contributed by atoms with Crippen molar-refractivity contribution in [3.05, 3.63) is 46.8 Å². The first-order valence-corrected chi connectivity index (χ1v) is 11.0. The van der Waals surface area contributed by atoms with Gasteiger partial charge in [-0.25, -0.2) is 0 Å². The number of benzene rings is 1. The Morgan fingerprint density at radius 1 is 1.25 bits per heavy atom. The number of carbonyl (C=O) groups excluding carboxylic acids is 1. The summed E-state index contributed by atoms with van der Waals surface area (Å²) >= 11 is 1.89. The molecule has 5 rings (SSSR count). The van der Waals surface area contributed by atoms with Gasteiger partial charge in [0, 0.05) is 35.8 Å². The Hall–Kier alpha value is -1.73. The van der Waals surface area contributed by atoms with E-state index in [1.807, 2.05) is 22.3 Å². The maximum absolute atomic E-state index is 12.8. The van der Waals surface area contributed by atoms with E-state index in [-0.39, 0.29) is 17.6 Å². The van der Waals surface area contributed by atoms with Crippen LogP contribution in [0.2, 0.25) is 0 Å². The third-order valence-corrected chi connectivity index (χ3v) is 7.60. The van der Waals surface area contributed by atoms with E-state index >= 15 is 0 Å². The predicted molar refractivity (Wildman–Crippen MR) is 109 cm³/mol. The van der Waals surface area contributed by atoms with Gasteiger partial charge in [-0.2, -0.15) is 0 Å². The number of likely N-dealkylation sites (tertiary alicyclic amines) is 1. The van der Waals surface area contributed by atoms with Crippen LogP contribution in [0.1, 0.15) is 29.7 Å². The third-order valence-electron chi connectivity index (χ3n) is 6.35. The van der Waals surface area contributed by atoms with Gasteiger partial charge in [0.05, 0.1) is 24.4 Å². The average molecular weight is 399 g/mol. The topological polar surface area (TPSA) is 61.8 Å². The van der Waals surface area contributed by atoms with Crippen LogP contribution < -0.4 is 5.32 Å². The Morgan fingerprint density at radius 3 is 2.75 bits per heavy atom. The first-order valence-electron chi connectivity index (χ1n) is 10.2. The number of nitrogens with zero attached hydrogens (tertiary/aromatic N) is 1. The summed E-state index contributed by atoms with van der Waals surface area (Å²) in [7, 11) is 0. The highest BCUT2D eigenvalue weighted by Crippen LogP contribution is 2.46. The molecular weight excluding hydrogens is 372 g/mol. The molecule has 1 spiro atoms. The number of amides is 1.